The van der Waals surface area contributed by atoms with Crippen molar-refractivity contribution in [1.82, 2.24) is 20.4 Å². The third-order valence-corrected chi connectivity index (χ3v) is 4.03. The molecule has 0 saturated carbocycles. The second-order valence-corrected chi connectivity index (χ2v) is 5.62. The number of aromatic amines is 1. The summed E-state index contributed by atoms with van der Waals surface area (Å²) in [5, 5.41) is 10.8. The van der Waals surface area contributed by atoms with Gasteiger partial charge in [-0.05, 0) is 25.1 Å². The minimum Gasteiger partial charge on any atom is -0.379 e. The van der Waals surface area contributed by atoms with Gasteiger partial charge >= 0.3 is 0 Å². The van der Waals surface area contributed by atoms with E-state index in [2.05, 4.69) is 44.7 Å². The van der Waals surface area contributed by atoms with E-state index in [0.717, 1.165) is 51.6 Å². The summed E-state index contributed by atoms with van der Waals surface area (Å²) in [5.41, 5.74) is 3.52. The van der Waals surface area contributed by atoms with E-state index in [4.69, 9.17) is 4.74 Å². The van der Waals surface area contributed by atoms with Crippen LogP contribution >= 0.6 is 12.4 Å². The van der Waals surface area contributed by atoms with Crippen molar-refractivity contribution in [3.63, 3.8) is 0 Å². The van der Waals surface area contributed by atoms with Crippen LogP contribution in [0, 0.1) is 0 Å². The molecule has 2 heterocycles. The number of morpholine rings is 1. The van der Waals surface area contributed by atoms with E-state index in [9.17, 15) is 0 Å². The molecule has 1 aliphatic heterocycles. The Hall–Kier alpha value is -1.40. The van der Waals surface area contributed by atoms with Gasteiger partial charge < -0.3 is 10.1 Å². The number of aromatic nitrogens is 2. The number of nitrogens with one attached hydrogen (secondary N) is 2. The Kier molecular flexibility index (Phi) is 7.55. The van der Waals surface area contributed by atoms with E-state index in [-0.39, 0.29) is 12.4 Å². The molecule has 1 aliphatic rings. The summed E-state index contributed by atoms with van der Waals surface area (Å²) in [6.45, 7) is 6.92. The van der Waals surface area contributed by atoms with Gasteiger partial charge in [0.15, 0.2) is 0 Å². The molecule has 0 atom stereocenters. The van der Waals surface area contributed by atoms with Crippen LogP contribution in [0.1, 0.15) is 12.0 Å². The number of hydrogen-bond donors (Lipinski definition) is 2. The van der Waals surface area contributed by atoms with Crippen molar-refractivity contribution in [2.45, 2.75) is 13.0 Å². The SMILES string of the molecule is Cl.c1ccc(-c2[nH]ncc2CNCCCN2CCOCC2)cc1. The predicted octanol–water partition coefficient (Wildman–Crippen LogP) is 2.31. The maximum atomic E-state index is 5.36. The van der Waals surface area contributed by atoms with Crippen LogP contribution in [0.15, 0.2) is 36.5 Å². The molecule has 1 aromatic carbocycles. The number of rotatable bonds is 7. The van der Waals surface area contributed by atoms with Gasteiger partial charge in [-0.25, -0.2) is 0 Å². The molecule has 2 aromatic rings. The first-order valence-corrected chi connectivity index (χ1v) is 8.02. The summed E-state index contributed by atoms with van der Waals surface area (Å²) in [6.07, 6.45) is 3.08. The summed E-state index contributed by atoms with van der Waals surface area (Å²) in [7, 11) is 0. The Morgan fingerprint density at radius 1 is 1.17 bits per heavy atom. The van der Waals surface area contributed by atoms with E-state index in [1.807, 2.05) is 12.3 Å². The lowest BCUT2D eigenvalue weighted by atomic mass is 10.1. The zero-order chi connectivity index (χ0) is 15.0. The monoisotopic (exact) mass is 336 g/mol. The second kappa shape index (κ2) is 9.67. The summed E-state index contributed by atoms with van der Waals surface area (Å²) in [4.78, 5) is 2.47. The van der Waals surface area contributed by atoms with Gasteiger partial charge in [-0.2, -0.15) is 5.10 Å². The number of nitrogens with zero attached hydrogens (tertiary/aromatic N) is 2. The molecule has 2 N–H and O–H groups in total. The highest BCUT2D eigenvalue weighted by Crippen LogP contribution is 2.20. The number of hydrogen-bond acceptors (Lipinski definition) is 4. The van der Waals surface area contributed by atoms with Gasteiger partial charge in [0.2, 0.25) is 0 Å². The molecule has 0 unspecified atom stereocenters. The maximum Gasteiger partial charge on any atom is 0.0695 e. The molecule has 5 nitrogen and oxygen atoms in total. The summed E-state index contributed by atoms with van der Waals surface area (Å²) in [5.74, 6) is 0. The minimum absolute atomic E-state index is 0. The van der Waals surface area contributed by atoms with Crippen molar-refractivity contribution in [3.8, 4) is 11.3 Å². The van der Waals surface area contributed by atoms with Crippen molar-refractivity contribution < 1.29 is 4.74 Å². The van der Waals surface area contributed by atoms with E-state index in [1.165, 1.54) is 17.5 Å². The Balaban J connectivity index is 0.00000192. The number of ether oxygens (including phenoxy) is 1. The van der Waals surface area contributed by atoms with Crippen molar-refractivity contribution in [2.75, 3.05) is 39.4 Å². The number of benzene rings is 1. The molecule has 23 heavy (non-hydrogen) atoms. The molecule has 0 bridgehead atoms. The number of halogens is 1. The van der Waals surface area contributed by atoms with Crippen LogP contribution in [0.4, 0.5) is 0 Å². The lowest BCUT2D eigenvalue weighted by molar-refractivity contribution is 0.0374. The van der Waals surface area contributed by atoms with Gasteiger partial charge in [-0.3, -0.25) is 10.00 Å². The van der Waals surface area contributed by atoms with Crippen LogP contribution in [0.5, 0.6) is 0 Å². The van der Waals surface area contributed by atoms with E-state index in [0.29, 0.717) is 0 Å². The molecular formula is C17H25ClN4O. The zero-order valence-electron chi connectivity index (χ0n) is 13.3. The van der Waals surface area contributed by atoms with Crippen LogP contribution in [0.25, 0.3) is 11.3 Å². The third-order valence-electron chi connectivity index (χ3n) is 4.03. The molecule has 6 heteroatoms. The Morgan fingerprint density at radius 3 is 2.74 bits per heavy atom. The largest absolute Gasteiger partial charge is 0.379 e. The van der Waals surface area contributed by atoms with Gasteiger partial charge in [-0.1, -0.05) is 30.3 Å². The van der Waals surface area contributed by atoms with Crippen LogP contribution < -0.4 is 5.32 Å². The summed E-state index contributed by atoms with van der Waals surface area (Å²) in [6, 6.07) is 10.3. The number of H-pyrrole nitrogens is 1. The zero-order valence-corrected chi connectivity index (χ0v) is 14.1. The summed E-state index contributed by atoms with van der Waals surface area (Å²) < 4.78 is 5.36. The molecule has 3 rings (SSSR count). The highest BCUT2D eigenvalue weighted by molar-refractivity contribution is 5.85. The smallest absolute Gasteiger partial charge is 0.0695 e. The maximum absolute atomic E-state index is 5.36. The molecule has 0 spiro atoms. The molecule has 0 aliphatic carbocycles. The first kappa shape index (κ1) is 17.9. The van der Waals surface area contributed by atoms with Gasteiger partial charge in [0.1, 0.15) is 0 Å². The first-order valence-electron chi connectivity index (χ1n) is 8.02. The van der Waals surface area contributed by atoms with Crippen molar-refractivity contribution >= 4 is 12.4 Å². The molecule has 126 valence electrons. The third kappa shape index (κ3) is 5.32. The highest BCUT2D eigenvalue weighted by Gasteiger charge is 2.09. The van der Waals surface area contributed by atoms with Gasteiger partial charge in [0.05, 0.1) is 25.1 Å². The molecule has 0 radical (unpaired) electrons. The fourth-order valence-electron chi connectivity index (χ4n) is 2.78. The lowest BCUT2D eigenvalue weighted by Gasteiger charge is -2.26. The van der Waals surface area contributed by atoms with E-state index < -0.39 is 0 Å². The van der Waals surface area contributed by atoms with Gasteiger partial charge in [0, 0.05) is 25.2 Å². The summed E-state index contributed by atoms with van der Waals surface area (Å²) >= 11 is 0. The lowest BCUT2D eigenvalue weighted by Crippen LogP contribution is -2.37. The van der Waals surface area contributed by atoms with Crippen LogP contribution in [-0.2, 0) is 11.3 Å². The van der Waals surface area contributed by atoms with Gasteiger partial charge in [-0.15, -0.1) is 12.4 Å². The standard InChI is InChI=1S/C17H24N4O.ClH/c1-2-5-15(6-3-1)17-16(14-19-20-17)13-18-7-4-8-21-9-11-22-12-10-21;/h1-3,5-6,14,18H,4,7-13H2,(H,19,20);1H. The van der Waals surface area contributed by atoms with Crippen molar-refractivity contribution in [3.05, 3.63) is 42.1 Å². The van der Waals surface area contributed by atoms with Crippen molar-refractivity contribution in [2.24, 2.45) is 0 Å². The quantitative estimate of drug-likeness (QED) is 0.762. The Bertz CT molecular complexity index is 555. The predicted molar refractivity (Wildman–Crippen MR) is 94.9 cm³/mol. The second-order valence-electron chi connectivity index (χ2n) is 5.62. The molecule has 1 fully saturated rings. The fraction of sp³-hybridized carbons (Fsp3) is 0.471. The first-order chi connectivity index (χ1) is 10.9. The van der Waals surface area contributed by atoms with Crippen LogP contribution in [-0.4, -0.2) is 54.5 Å². The molecule has 1 saturated heterocycles. The normalized spacial score (nSPS) is 15.3. The van der Waals surface area contributed by atoms with E-state index in [1.54, 1.807) is 0 Å². The molecule has 0 amide bonds. The van der Waals surface area contributed by atoms with Crippen molar-refractivity contribution in [1.29, 1.82) is 0 Å². The fourth-order valence-corrected chi connectivity index (χ4v) is 2.78. The average Bonchev–Trinajstić information content (AvgIpc) is 3.05. The Morgan fingerprint density at radius 2 is 1.96 bits per heavy atom. The molecular weight excluding hydrogens is 312 g/mol. The van der Waals surface area contributed by atoms with Gasteiger partial charge in [0.25, 0.3) is 0 Å². The average molecular weight is 337 g/mol. The van der Waals surface area contributed by atoms with Crippen LogP contribution in [0.3, 0.4) is 0 Å². The minimum atomic E-state index is 0. The topological polar surface area (TPSA) is 53.2 Å². The van der Waals surface area contributed by atoms with Crippen LogP contribution in [0.2, 0.25) is 0 Å². The molecule has 1 aromatic heterocycles. The highest BCUT2D eigenvalue weighted by atomic mass is 35.5. The van der Waals surface area contributed by atoms with E-state index >= 15 is 0 Å². The Labute approximate surface area is 143 Å².